The van der Waals surface area contributed by atoms with E-state index in [0.717, 1.165) is 0 Å². The molecule has 2 atom stereocenters. The molecule has 0 heterocycles. The fraction of sp³-hybridized carbons (Fsp3) is 0.900. The van der Waals surface area contributed by atoms with E-state index in [2.05, 4.69) is 31.4 Å². The van der Waals surface area contributed by atoms with Crippen LogP contribution in [-0.2, 0) is 4.79 Å². The normalized spacial score (nSPS) is 16.5. The Kier molecular flexibility index (Phi) is 4.40. The van der Waals surface area contributed by atoms with Crippen molar-refractivity contribution in [3.63, 3.8) is 0 Å². The smallest absolute Gasteiger partial charge is 0.237 e. The van der Waals surface area contributed by atoms with E-state index in [1.54, 1.807) is 7.05 Å². The van der Waals surface area contributed by atoms with Crippen molar-refractivity contribution in [2.24, 2.45) is 5.41 Å². The first-order chi connectivity index (χ1) is 5.79. The average Bonchev–Trinajstić information content (AvgIpc) is 2.01. The summed E-state index contributed by atoms with van der Waals surface area (Å²) in [5.41, 5.74) is 0.114. The Balaban J connectivity index is 4.07. The standard InChI is InChI=1S/C10H22N2O/c1-7(11-6)9(13)12-8(2)10(3,4)5/h7-8,11H,1-6H3,(H,12,13)/t7-,8+/m0/s1. The Morgan fingerprint density at radius 1 is 1.23 bits per heavy atom. The van der Waals surface area contributed by atoms with E-state index in [-0.39, 0.29) is 23.4 Å². The van der Waals surface area contributed by atoms with Gasteiger partial charge in [-0.05, 0) is 26.3 Å². The molecule has 3 heteroatoms. The Morgan fingerprint density at radius 3 is 2.00 bits per heavy atom. The van der Waals surface area contributed by atoms with Gasteiger partial charge in [0.05, 0.1) is 6.04 Å². The van der Waals surface area contributed by atoms with Crippen LogP contribution in [0.25, 0.3) is 0 Å². The minimum atomic E-state index is -0.121. The van der Waals surface area contributed by atoms with Gasteiger partial charge >= 0.3 is 0 Å². The van der Waals surface area contributed by atoms with E-state index in [9.17, 15) is 4.79 Å². The second-order valence-corrected chi connectivity index (χ2v) is 4.61. The molecular formula is C10H22N2O. The molecule has 0 aliphatic heterocycles. The molecule has 1 amide bonds. The highest BCUT2D eigenvalue weighted by Crippen LogP contribution is 2.18. The van der Waals surface area contributed by atoms with Gasteiger partial charge in [0.2, 0.25) is 5.91 Å². The fourth-order valence-corrected chi connectivity index (χ4v) is 0.686. The van der Waals surface area contributed by atoms with E-state index in [1.807, 2.05) is 13.8 Å². The third-order valence-electron chi connectivity index (χ3n) is 2.48. The Labute approximate surface area is 81.3 Å². The summed E-state index contributed by atoms with van der Waals surface area (Å²) in [4.78, 5) is 11.5. The molecule has 0 radical (unpaired) electrons. The van der Waals surface area contributed by atoms with Gasteiger partial charge in [-0.1, -0.05) is 20.8 Å². The monoisotopic (exact) mass is 186 g/mol. The van der Waals surface area contributed by atoms with Crippen LogP contribution in [0.3, 0.4) is 0 Å². The fourth-order valence-electron chi connectivity index (χ4n) is 0.686. The molecule has 0 aliphatic carbocycles. The maximum atomic E-state index is 11.5. The topological polar surface area (TPSA) is 41.1 Å². The van der Waals surface area contributed by atoms with Crippen molar-refractivity contribution in [1.29, 1.82) is 0 Å². The summed E-state index contributed by atoms with van der Waals surface area (Å²) >= 11 is 0. The Hall–Kier alpha value is -0.570. The molecule has 0 aliphatic rings. The van der Waals surface area contributed by atoms with Crippen LogP contribution in [0.15, 0.2) is 0 Å². The molecule has 0 fully saturated rings. The summed E-state index contributed by atoms with van der Waals surface area (Å²) < 4.78 is 0. The maximum Gasteiger partial charge on any atom is 0.237 e. The van der Waals surface area contributed by atoms with Gasteiger partial charge in [-0.15, -0.1) is 0 Å². The summed E-state index contributed by atoms with van der Waals surface area (Å²) in [5.74, 6) is 0.0601. The van der Waals surface area contributed by atoms with Crippen LogP contribution in [0.1, 0.15) is 34.6 Å². The summed E-state index contributed by atoms with van der Waals surface area (Å²) in [5, 5.41) is 5.88. The molecule has 0 aromatic rings. The van der Waals surface area contributed by atoms with Gasteiger partial charge < -0.3 is 10.6 Å². The molecule has 78 valence electrons. The summed E-state index contributed by atoms with van der Waals surface area (Å²) in [6, 6.07) is 0.0700. The predicted molar refractivity (Wildman–Crippen MR) is 55.6 cm³/mol. The molecule has 13 heavy (non-hydrogen) atoms. The van der Waals surface area contributed by atoms with Crippen molar-refractivity contribution in [3.8, 4) is 0 Å². The molecular weight excluding hydrogens is 164 g/mol. The van der Waals surface area contributed by atoms with Crippen LogP contribution in [-0.4, -0.2) is 25.0 Å². The zero-order valence-corrected chi connectivity index (χ0v) is 9.56. The third-order valence-corrected chi connectivity index (χ3v) is 2.48. The molecule has 0 aromatic carbocycles. The Bertz CT molecular complexity index is 172. The molecule has 2 N–H and O–H groups in total. The van der Waals surface area contributed by atoms with Crippen LogP contribution >= 0.6 is 0 Å². The first-order valence-corrected chi connectivity index (χ1v) is 4.76. The van der Waals surface area contributed by atoms with E-state index in [1.165, 1.54) is 0 Å². The van der Waals surface area contributed by atoms with Gasteiger partial charge in [0.1, 0.15) is 0 Å². The van der Waals surface area contributed by atoms with Crippen molar-refractivity contribution < 1.29 is 4.79 Å². The average molecular weight is 186 g/mol. The maximum absolute atomic E-state index is 11.5. The lowest BCUT2D eigenvalue weighted by molar-refractivity contribution is -0.123. The minimum Gasteiger partial charge on any atom is -0.352 e. The van der Waals surface area contributed by atoms with Crippen molar-refractivity contribution in [1.82, 2.24) is 10.6 Å². The number of carbonyl (C=O) groups is 1. The second kappa shape index (κ2) is 4.61. The summed E-state index contributed by atoms with van der Waals surface area (Å²) in [7, 11) is 1.78. The van der Waals surface area contributed by atoms with Crippen LogP contribution in [0, 0.1) is 5.41 Å². The molecule has 0 spiro atoms. The van der Waals surface area contributed by atoms with Crippen LogP contribution in [0.4, 0.5) is 0 Å². The number of hydrogen-bond donors (Lipinski definition) is 2. The highest BCUT2D eigenvalue weighted by atomic mass is 16.2. The summed E-state index contributed by atoms with van der Waals surface area (Å²) in [6.45, 7) is 10.2. The highest BCUT2D eigenvalue weighted by molar-refractivity contribution is 5.81. The molecule has 0 bridgehead atoms. The third kappa shape index (κ3) is 4.27. The number of carbonyl (C=O) groups excluding carboxylic acids is 1. The van der Waals surface area contributed by atoms with E-state index < -0.39 is 0 Å². The van der Waals surface area contributed by atoms with Crippen LogP contribution in [0.5, 0.6) is 0 Å². The second-order valence-electron chi connectivity index (χ2n) is 4.61. The van der Waals surface area contributed by atoms with Crippen LogP contribution < -0.4 is 10.6 Å². The van der Waals surface area contributed by atoms with Gasteiger partial charge in [-0.25, -0.2) is 0 Å². The van der Waals surface area contributed by atoms with E-state index >= 15 is 0 Å². The van der Waals surface area contributed by atoms with E-state index in [0.29, 0.717) is 0 Å². The lowest BCUT2D eigenvalue weighted by Gasteiger charge is -2.29. The summed E-state index contributed by atoms with van der Waals surface area (Å²) in [6.07, 6.45) is 0. The van der Waals surface area contributed by atoms with Gasteiger partial charge in [0, 0.05) is 6.04 Å². The molecule has 3 nitrogen and oxygen atoms in total. The van der Waals surface area contributed by atoms with Gasteiger partial charge in [-0.3, -0.25) is 4.79 Å². The number of nitrogens with one attached hydrogen (secondary N) is 2. The molecule has 0 unspecified atom stereocenters. The predicted octanol–water partition coefficient (Wildman–Crippen LogP) is 1.15. The van der Waals surface area contributed by atoms with Gasteiger partial charge in [0.25, 0.3) is 0 Å². The van der Waals surface area contributed by atoms with Crippen LogP contribution in [0.2, 0.25) is 0 Å². The number of likely N-dealkylation sites (N-methyl/N-ethyl adjacent to an activating group) is 1. The SMILES string of the molecule is CN[C@@H](C)C(=O)N[C@H](C)C(C)(C)C. The Morgan fingerprint density at radius 2 is 1.69 bits per heavy atom. The lowest BCUT2D eigenvalue weighted by Crippen LogP contribution is -2.48. The number of amides is 1. The molecule has 0 aromatic heterocycles. The van der Waals surface area contributed by atoms with Crippen molar-refractivity contribution in [3.05, 3.63) is 0 Å². The van der Waals surface area contributed by atoms with Gasteiger partial charge in [0.15, 0.2) is 0 Å². The molecule has 0 rings (SSSR count). The molecule has 0 saturated heterocycles. The zero-order valence-electron chi connectivity index (χ0n) is 9.56. The molecule has 0 saturated carbocycles. The van der Waals surface area contributed by atoms with Gasteiger partial charge in [-0.2, -0.15) is 0 Å². The van der Waals surface area contributed by atoms with Crippen molar-refractivity contribution in [2.75, 3.05) is 7.05 Å². The van der Waals surface area contributed by atoms with Crippen molar-refractivity contribution >= 4 is 5.91 Å². The largest absolute Gasteiger partial charge is 0.352 e. The first-order valence-electron chi connectivity index (χ1n) is 4.76. The first kappa shape index (κ1) is 12.4. The number of hydrogen-bond acceptors (Lipinski definition) is 2. The van der Waals surface area contributed by atoms with Crippen molar-refractivity contribution in [2.45, 2.75) is 46.7 Å². The quantitative estimate of drug-likeness (QED) is 0.694. The lowest BCUT2D eigenvalue weighted by atomic mass is 9.88. The minimum absolute atomic E-state index is 0.0601. The zero-order chi connectivity index (χ0) is 10.6. The van der Waals surface area contributed by atoms with E-state index in [4.69, 9.17) is 0 Å². The highest BCUT2D eigenvalue weighted by Gasteiger charge is 2.23. The number of rotatable bonds is 3.